The Hall–Kier alpha value is -3.04. The van der Waals surface area contributed by atoms with E-state index in [-0.39, 0.29) is 54.6 Å². The molecule has 0 saturated carbocycles. The zero-order valence-corrected chi connectivity index (χ0v) is 20.5. The Bertz CT molecular complexity index is 1120. The molecule has 1 fully saturated rings. The van der Waals surface area contributed by atoms with Crippen molar-refractivity contribution in [2.75, 3.05) is 26.2 Å². The first-order chi connectivity index (χ1) is 16.1. The van der Waals surface area contributed by atoms with E-state index in [0.717, 1.165) is 0 Å². The van der Waals surface area contributed by atoms with Crippen LogP contribution in [0.25, 0.3) is 0 Å². The second-order valence-corrected chi connectivity index (χ2v) is 10.5. The van der Waals surface area contributed by atoms with E-state index < -0.39 is 16.1 Å². The second-order valence-electron chi connectivity index (χ2n) is 8.51. The zero-order chi connectivity index (χ0) is 24.9. The number of carbonyl (C=O) groups is 3. The molecule has 8 nitrogen and oxygen atoms in total. The Morgan fingerprint density at radius 1 is 0.912 bits per heavy atom. The van der Waals surface area contributed by atoms with Crippen molar-refractivity contribution in [3.05, 3.63) is 65.7 Å². The molecule has 2 atom stereocenters. The van der Waals surface area contributed by atoms with Crippen molar-refractivity contribution in [3.8, 4) is 0 Å². The maximum absolute atomic E-state index is 13.3. The lowest BCUT2D eigenvalue weighted by atomic mass is 9.97. The van der Waals surface area contributed by atoms with Gasteiger partial charge in [-0.25, -0.2) is 8.42 Å². The first-order valence-corrected chi connectivity index (χ1v) is 12.8. The van der Waals surface area contributed by atoms with E-state index in [2.05, 4.69) is 5.32 Å². The molecule has 1 aliphatic rings. The number of Topliss-reactive ketones (excluding diaryl/α,β-unsaturated/α-hetero) is 1. The van der Waals surface area contributed by atoms with Gasteiger partial charge < -0.3 is 10.2 Å². The van der Waals surface area contributed by atoms with Crippen molar-refractivity contribution < 1.29 is 22.8 Å². The molecule has 2 amide bonds. The number of hydrogen-bond acceptors (Lipinski definition) is 5. The summed E-state index contributed by atoms with van der Waals surface area (Å²) in [6.45, 7) is 6.08. The maximum Gasteiger partial charge on any atom is 0.251 e. The molecule has 9 heteroatoms. The summed E-state index contributed by atoms with van der Waals surface area (Å²) in [6.07, 6.45) is 0.704. The fourth-order valence-corrected chi connectivity index (χ4v) is 5.28. The highest BCUT2D eigenvalue weighted by Crippen LogP contribution is 2.20. The van der Waals surface area contributed by atoms with Crippen molar-refractivity contribution in [3.63, 3.8) is 0 Å². The lowest BCUT2D eigenvalue weighted by Crippen LogP contribution is -2.57. The molecule has 1 heterocycles. The molecule has 0 bridgehead atoms. The quantitative estimate of drug-likeness (QED) is 0.579. The van der Waals surface area contributed by atoms with Gasteiger partial charge in [0.2, 0.25) is 15.9 Å². The van der Waals surface area contributed by atoms with Crippen molar-refractivity contribution in [1.82, 2.24) is 14.5 Å². The first kappa shape index (κ1) is 25.6. The fourth-order valence-electron chi connectivity index (χ4n) is 3.85. The van der Waals surface area contributed by atoms with Crippen LogP contribution in [0.4, 0.5) is 0 Å². The minimum atomic E-state index is -3.74. The van der Waals surface area contributed by atoms with Crippen LogP contribution in [-0.4, -0.2) is 67.4 Å². The smallest absolute Gasteiger partial charge is 0.251 e. The summed E-state index contributed by atoms with van der Waals surface area (Å²) in [6, 6.07) is 13.9. The lowest BCUT2D eigenvalue weighted by Gasteiger charge is -2.37. The third-order valence-corrected chi connectivity index (χ3v) is 8.16. The van der Waals surface area contributed by atoms with E-state index in [4.69, 9.17) is 0 Å². The van der Waals surface area contributed by atoms with Crippen LogP contribution in [0.5, 0.6) is 0 Å². The number of rotatable bonds is 8. The monoisotopic (exact) mass is 485 g/mol. The van der Waals surface area contributed by atoms with E-state index in [1.807, 2.05) is 19.9 Å². The van der Waals surface area contributed by atoms with Crippen LogP contribution in [0.2, 0.25) is 0 Å². The number of amides is 2. The molecule has 1 saturated heterocycles. The van der Waals surface area contributed by atoms with Gasteiger partial charge in [-0.05, 0) is 37.1 Å². The molecule has 3 rings (SSSR count). The van der Waals surface area contributed by atoms with Gasteiger partial charge >= 0.3 is 0 Å². The summed E-state index contributed by atoms with van der Waals surface area (Å²) in [5.41, 5.74) is 0.929. The highest BCUT2D eigenvalue weighted by atomic mass is 32.2. The van der Waals surface area contributed by atoms with E-state index in [0.29, 0.717) is 17.5 Å². The average Bonchev–Trinajstić information content (AvgIpc) is 2.86. The highest BCUT2D eigenvalue weighted by molar-refractivity contribution is 7.89. The Morgan fingerprint density at radius 2 is 1.50 bits per heavy atom. The van der Waals surface area contributed by atoms with Gasteiger partial charge in [0.25, 0.3) is 5.91 Å². The lowest BCUT2D eigenvalue weighted by molar-refractivity contribution is -0.135. The summed E-state index contributed by atoms with van der Waals surface area (Å²) < 4.78 is 27.4. The van der Waals surface area contributed by atoms with Crippen LogP contribution < -0.4 is 5.32 Å². The number of carbonyl (C=O) groups excluding carboxylic acids is 3. The second kappa shape index (κ2) is 10.9. The Balaban J connectivity index is 1.67. The number of piperazine rings is 1. The number of ketones is 1. The number of sulfonamides is 1. The first-order valence-electron chi connectivity index (χ1n) is 11.4. The molecule has 2 aromatic rings. The molecule has 0 aromatic heterocycles. The van der Waals surface area contributed by atoms with Crippen molar-refractivity contribution in [2.45, 2.75) is 38.1 Å². The van der Waals surface area contributed by atoms with Crippen molar-refractivity contribution in [2.24, 2.45) is 5.92 Å². The topological polar surface area (TPSA) is 104 Å². The van der Waals surface area contributed by atoms with Gasteiger partial charge in [0.05, 0.1) is 4.90 Å². The van der Waals surface area contributed by atoms with E-state index in [1.165, 1.54) is 35.5 Å². The molecule has 34 heavy (non-hydrogen) atoms. The molecule has 0 aliphatic carbocycles. The molecule has 182 valence electrons. The zero-order valence-electron chi connectivity index (χ0n) is 19.7. The van der Waals surface area contributed by atoms with Crippen LogP contribution in [0.1, 0.15) is 47.9 Å². The SMILES string of the molecule is CC[C@H](C)[C@H](NC(=O)c1ccccc1)C(=O)N1CCN(S(=O)(=O)c2ccc(C(C)=O)cc2)CC1. The summed E-state index contributed by atoms with van der Waals surface area (Å²) in [5, 5.41) is 2.87. The average molecular weight is 486 g/mol. The van der Waals surface area contributed by atoms with Crippen LogP contribution in [0.3, 0.4) is 0 Å². The third-order valence-electron chi connectivity index (χ3n) is 6.25. The van der Waals surface area contributed by atoms with Gasteiger partial charge in [-0.15, -0.1) is 0 Å². The summed E-state index contributed by atoms with van der Waals surface area (Å²) in [4.78, 5) is 39.2. The number of nitrogens with zero attached hydrogens (tertiary/aromatic N) is 2. The van der Waals surface area contributed by atoms with Gasteiger partial charge in [-0.3, -0.25) is 14.4 Å². The molecule has 0 spiro atoms. The maximum atomic E-state index is 13.3. The Morgan fingerprint density at radius 3 is 2.03 bits per heavy atom. The molecule has 1 N–H and O–H groups in total. The van der Waals surface area contributed by atoms with E-state index in [9.17, 15) is 22.8 Å². The highest BCUT2D eigenvalue weighted by Gasteiger charge is 2.35. The fraction of sp³-hybridized carbons (Fsp3) is 0.400. The predicted molar refractivity (Wildman–Crippen MR) is 129 cm³/mol. The van der Waals surface area contributed by atoms with Crippen molar-refractivity contribution in [1.29, 1.82) is 0 Å². The molecule has 1 aliphatic heterocycles. The van der Waals surface area contributed by atoms with Gasteiger partial charge in [-0.1, -0.05) is 50.6 Å². The summed E-state index contributed by atoms with van der Waals surface area (Å²) >= 11 is 0. The molecule has 0 unspecified atom stereocenters. The van der Waals surface area contributed by atoms with E-state index >= 15 is 0 Å². The van der Waals surface area contributed by atoms with Crippen LogP contribution in [-0.2, 0) is 14.8 Å². The van der Waals surface area contributed by atoms with Crippen LogP contribution in [0.15, 0.2) is 59.5 Å². The Kier molecular flexibility index (Phi) is 8.22. The van der Waals surface area contributed by atoms with Crippen LogP contribution in [0, 0.1) is 5.92 Å². The predicted octanol–water partition coefficient (Wildman–Crippen LogP) is 2.57. The third kappa shape index (κ3) is 5.71. The molecular weight excluding hydrogens is 454 g/mol. The summed E-state index contributed by atoms with van der Waals surface area (Å²) in [7, 11) is -3.74. The number of hydrogen-bond donors (Lipinski definition) is 1. The van der Waals surface area contributed by atoms with Gasteiger partial charge in [-0.2, -0.15) is 4.31 Å². The summed E-state index contributed by atoms with van der Waals surface area (Å²) in [5.74, 6) is -0.732. The minimum Gasteiger partial charge on any atom is -0.340 e. The van der Waals surface area contributed by atoms with Crippen LogP contribution >= 0.6 is 0 Å². The molecule has 0 radical (unpaired) electrons. The standard InChI is InChI=1S/C25H31N3O5S/c1-4-18(2)23(26-24(30)21-8-6-5-7-9-21)25(31)27-14-16-28(17-15-27)34(32,33)22-12-10-20(11-13-22)19(3)29/h5-13,18,23H,4,14-17H2,1-3H3,(H,26,30)/t18-,23-/m0/s1. The largest absolute Gasteiger partial charge is 0.340 e. The van der Waals surface area contributed by atoms with Gasteiger partial charge in [0.15, 0.2) is 5.78 Å². The number of benzene rings is 2. The van der Waals surface area contributed by atoms with Gasteiger partial charge in [0.1, 0.15) is 6.04 Å². The Labute approximate surface area is 201 Å². The van der Waals surface area contributed by atoms with Crippen molar-refractivity contribution >= 4 is 27.6 Å². The normalized spacial score (nSPS) is 16.5. The van der Waals surface area contributed by atoms with E-state index in [1.54, 1.807) is 29.2 Å². The molecule has 2 aromatic carbocycles. The van der Waals surface area contributed by atoms with Gasteiger partial charge in [0, 0.05) is 37.3 Å². The minimum absolute atomic E-state index is 0.0817. The molecular formula is C25H31N3O5S. The number of nitrogens with one attached hydrogen (secondary N) is 1.